The van der Waals surface area contributed by atoms with E-state index >= 15 is 0 Å². The predicted octanol–water partition coefficient (Wildman–Crippen LogP) is 3.86. The number of benzene rings is 3. The van der Waals surface area contributed by atoms with Gasteiger partial charge in [0.25, 0.3) is 0 Å². The molecule has 0 bridgehead atoms. The van der Waals surface area contributed by atoms with Gasteiger partial charge in [0.1, 0.15) is 0 Å². The van der Waals surface area contributed by atoms with E-state index in [2.05, 4.69) is 22.3 Å². The van der Waals surface area contributed by atoms with Crippen molar-refractivity contribution in [2.75, 3.05) is 0 Å². The van der Waals surface area contributed by atoms with E-state index in [0.29, 0.717) is 17.3 Å². The molecule has 0 N–H and O–H groups in total. The summed E-state index contributed by atoms with van der Waals surface area (Å²) in [6, 6.07) is 21.6. The van der Waals surface area contributed by atoms with Crippen molar-refractivity contribution in [2.45, 2.75) is 6.42 Å². The summed E-state index contributed by atoms with van der Waals surface area (Å²) in [7, 11) is 1.62. The van der Waals surface area contributed by atoms with Crippen LogP contribution in [0.5, 0.6) is 0 Å². The smallest absolute Gasteiger partial charge is 0.244 e. The molecule has 0 unspecified atom stereocenters. The molecular formula is C21H17ClN4O. The Hall–Kier alpha value is -3.18. The van der Waals surface area contributed by atoms with Gasteiger partial charge in [-0.25, -0.2) is 9.48 Å². The van der Waals surface area contributed by atoms with Crippen LogP contribution in [0.3, 0.4) is 0 Å². The average Bonchev–Trinajstić information content (AvgIpc) is 2.95. The van der Waals surface area contributed by atoms with E-state index in [1.54, 1.807) is 13.3 Å². The molecule has 1 aromatic heterocycles. The lowest BCUT2D eigenvalue weighted by Gasteiger charge is -2.03. The van der Waals surface area contributed by atoms with Crippen LogP contribution in [0.2, 0.25) is 5.02 Å². The van der Waals surface area contributed by atoms with Crippen LogP contribution < -0.4 is 5.69 Å². The Bertz CT molecular complexity index is 1180. The summed E-state index contributed by atoms with van der Waals surface area (Å²) in [6.45, 7) is 0. The molecule has 27 heavy (non-hydrogen) atoms. The quantitative estimate of drug-likeness (QED) is 0.508. The van der Waals surface area contributed by atoms with Crippen LogP contribution in [-0.2, 0) is 13.5 Å². The first-order valence-corrected chi connectivity index (χ1v) is 8.91. The maximum atomic E-state index is 12.4. The fourth-order valence-corrected chi connectivity index (χ4v) is 3.13. The van der Waals surface area contributed by atoms with Gasteiger partial charge in [-0.2, -0.15) is 14.9 Å². The van der Waals surface area contributed by atoms with Crippen LogP contribution in [0.15, 0.2) is 76.6 Å². The minimum absolute atomic E-state index is 0.282. The average molecular weight is 377 g/mol. The summed E-state index contributed by atoms with van der Waals surface area (Å²) in [5.74, 6) is 0.571. The van der Waals surface area contributed by atoms with E-state index in [1.807, 2.05) is 54.6 Å². The van der Waals surface area contributed by atoms with E-state index in [-0.39, 0.29) is 5.69 Å². The second-order valence-electron chi connectivity index (χ2n) is 6.25. The number of aromatic nitrogens is 3. The number of hydrogen-bond acceptors (Lipinski definition) is 3. The zero-order valence-electron chi connectivity index (χ0n) is 14.7. The molecule has 0 amide bonds. The first-order chi connectivity index (χ1) is 13.1. The minimum atomic E-state index is -0.282. The van der Waals surface area contributed by atoms with Gasteiger partial charge in [-0.1, -0.05) is 66.2 Å². The molecular weight excluding hydrogens is 360 g/mol. The molecule has 3 aromatic carbocycles. The van der Waals surface area contributed by atoms with Crippen molar-refractivity contribution in [3.63, 3.8) is 0 Å². The maximum Gasteiger partial charge on any atom is 0.366 e. The number of fused-ring (bicyclic) bond motifs is 1. The van der Waals surface area contributed by atoms with Crippen LogP contribution in [0.1, 0.15) is 17.0 Å². The zero-order valence-corrected chi connectivity index (χ0v) is 15.5. The highest BCUT2D eigenvalue weighted by molar-refractivity contribution is 6.30. The largest absolute Gasteiger partial charge is 0.366 e. The highest BCUT2D eigenvalue weighted by Gasteiger charge is 2.11. The van der Waals surface area contributed by atoms with Gasteiger partial charge in [-0.05, 0) is 28.5 Å². The van der Waals surface area contributed by atoms with E-state index in [0.717, 1.165) is 21.9 Å². The summed E-state index contributed by atoms with van der Waals surface area (Å²) in [5, 5.41) is 11.6. The van der Waals surface area contributed by atoms with Gasteiger partial charge < -0.3 is 0 Å². The lowest BCUT2D eigenvalue weighted by Crippen LogP contribution is -2.20. The van der Waals surface area contributed by atoms with Crippen molar-refractivity contribution in [2.24, 2.45) is 12.1 Å². The van der Waals surface area contributed by atoms with E-state index in [1.165, 1.54) is 9.36 Å². The summed E-state index contributed by atoms with van der Waals surface area (Å²) in [6.07, 6.45) is 2.19. The zero-order chi connectivity index (χ0) is 18.8. The molecule has 4 aromatic rings. The molecule has 0 aliphatic heterocycles. The van der Waals surface area contributed by atoms with E-state index in [9.17, 15) is 4.79 Å². The van der Waals surface area contributed by atoms with Crippen LogP contribution in [-0.4, -0.2) is 20.7 Å². The molecule has 0 atom stereocenters. The number of halogens is 1. The van der Waals surface area contributed by atoms with Gasteiger partial charge in [-0.15, -0.1) is 0 Å². The molecule has 0 saturated heterocycles. The van der Waals surface area contributed by atoms with Gasteiger partial charge in [0.2, 0.25) is 0 Å². The third kappa shape index (κ3) is 3.55. The maximum absolute atomic E-state index is 12.4. The Morgan fingerprint density at radius 2 is 1.78 bits per heavy atom. The molecule has 134 valence electrons. The van der Waals surface area contributed by atoms with Crippen molar-refractivity contribution in [3.8, 4) is 0 Å². The number of hydrogen-bond donors (Lipinski definition) is 0. The first-order valence-electron chi connectivity index (χ1n) is 8.53. The molecule has 1 heterocycles. The van der Waals surface area contributed by atoms with Crippen molar-refractivity contribution in [1.29, 1.82) is 0 Å². The fourth-order valence-electron chi connectivity index (χ4n) is 3.00. The van der Waals surface area contributed by atoms with Gasteiger partial charge in [-0.3, -0.25) is 0 Å². The molecule has 5 nitrogen and oxygen atoms in total. The molecule has 0 aliphatic carbocycles. The normalized spacial score (nSPS) is 11.5. The Morgan fingerprint density at radius 1 is 1.04 bits per heavy atom. The van der Waals surface area contributed by atoms with Crippen molar-refractivity contribution < 1.29 is 0 Å². The predicted molar refractivity (Wildman–Crippen MR) is 109 cm³/mol. The van der Waals surface area contributed by atoms with Crippen molar-refractivity contribution in [3.05, 3.63) is 99.2 Å². The first kappa shape index (κ1) is 17.2. The van der Waals surface area contributed by atoms with Gasteiger partial charge in [0.15, 0.2) is 5.82 Å². The second kappa shape index (κ2) is 7.21. The summed E-state index contributed by atoms with van der Waals surface area (Å²) >= 11 is 5.94. The van der Waals surface area contributed by atoms with Crippen LogP contribution >= 0.6 is 11.6 Å². The minimum Gasteiger partial charge on any atom is -0.244 e. The monoisotopic (exact) mass is 376 g/mol. The molecule has 0 fully saturated rings. The topological polar surface area (TPSA) is 52.2 Å². The number of nitrogens with zero attached hydrogens (tertiary/aromatic N) is 4. The lowest BCUT2D eigenvalue weighted by molar-refractivity contribution is 0.709. The lowest BCUT2D eigenvalue weighted by atomic mass is 10.1. The number of rotatable bonds is 4. The molecule has 0 spiro atoms. The number of aryl methyl sites for hydroxylation is 1. The molecule has 0 radical (unpaired) electrons. The highest BCUT2D eigenvalue weighted by Crippen LogP contribution is 2.17. The van der Waals surface area contributed by atoms with Crippen LogP contribution in [0, 0.1) is 0 Å². The third-order valence-electron chi connectivity index (χ3n) is 4.38. The Morgan fingerprint density at radius 3 is 2.59 bits per heavy atom. The van der Waals surface area contributed by atoms with Crippen LogP contribution in [0.25, 0.3) is 10.8 Å². The standard InChI is InChI=1S/C21H17ClN4O/c1-25-21(27)26(20(24-25)13-15-9-11-18(22)12-10-15)23-14-17-7-4-6-16-5-2-3-8-19(16)17/h2-12,14H,13H2,1H3. The summed E-state index contributed by atoms with van der Waals surface area (Å²) in [5.41, 5.74) is 1.67. The van der Waals surface area contributed by atoms with Crippen molar-refractivity contribution in [1.82, 2.24) is 14.5 Å². The molecule has 6 heteroatoms. The van der Waals surface area contributed by atoms with Crippen LogP contribution in [0.4, 0.5) is 0 Å². The van der Waals surface area contributed by atoms with Gasteiger partial charge >= 0.3 is 5.69 Å². The summed E-state index contributed by atoms with van der Waals surface area (Å²) < 4.78 is 2.64. The van der Waals surface area contributed by atoms with Gasteiger partial charge in [0.05, 0.1) is 6.21 Å². The second-order valence-corrected chi connectivity index (χ2v) is 6.69. The summed E-state index contributed by atoms with van der Waals surface area (Å²) in [4.78, 5) is 12.4. The SMILES string of the molecule is Cn1nc(Cc2ccc(Cl)cc2)n(N=Cc2cccc3ccccc23)c1=O. The molecule has 0 aliphatic rings. The Balaban J connectivity index is 1.72. The molecule has 0 saturated carbocycles. The Labute approximate surface area is 161 Å². The van der Waals surface area contributed by atoms with E-state index < -0.39 is 0 Å². The van der Waals surface area contributed by atoms with E-state index in [4.69, 9.17) is 11.6 Å². The highest BCUT2D eigenvalue weighted by atomic mass is 35.5. The third-order valence-corrected chi connectivity index (χ3v) is 4.63. The van der Waals surface area contributed by atoms with Crippen molar-refractivity contribution >= 4 is 28.6 Å². The molecule has 4 rings (SSSR count). The fraction of sp³-hybridized carbons (Fsp3) is 0.0952. The Kier molecular flexibility index (Phi) is 4.60. The van der Waals surface area contributed by atoms with Gasteiger partial charge in [0, 0.05) is 24.1 Å².